The summed E-state index contributed by atoms with van der Waals surface area (Å²) in [6, 6.07) is 0. The van der Waals surface area contributed by atoms with Crippen molar-refractivity contribution in [1.82, 2.24) is 4.90 Å². The van der Waals surface area contributed by atoms with E-state index in [0.29, 0.717) is 25.4 Å². The largest absolute Gasteiger partial charge is 0.380 e. The third-order valence-electron chi connectivity index (χ3n) is 2.62. The maximum Gasteiger partial charge on any atom is 0.141 e. The summed E-state index contributed by atoms with van der Waals surface area (Å²) in [5.74, 6) is 0.398. The van der Waals surface area contributed by atoms with E-state index < -0.39 is 0 Å². The highest BCUT2D eigenvalue weighted by Gasteiger charge is 2.23. The van der Waals surface area contributed by atoms with Crippen LogP contribution in [-0.4, -0.2) is 57.2 Å². The van der Waals surface area contributed by atoms with Crippen molar-refractivity contribution in [1.29, 1.82) is 0 Å². The van der Waals surface area contributed by atoms with Crippen molar-refractivity contribution in [2.75, 3.05) is 46.6 Å². The van der Waals surface area contributed by atoms with E-state index in [9.17, 15) is 4.79 Å². The third kappa shape index (κ3) is 4.73. The second-order valence-electron chi connectivity index (χ2n) is 3.95. The lowest BCUT2D eigenvalue weighted by atomic mass is 10.0. The molecule has 1 saturated heterocycles. The Hall–Kier alpha value is -0.450. The molecule has 0 spiro atoms. The van der Waals surface area contributed by atoms with Gasteiger partial charge in [0.1, 0.15) is 5.78 Å². The molecule has 0 N–H and O–H groups in total. The van der Waals surface area contributed by atoms with Crippen molar-refractivity contribution < 1.29 is 14.3 Å². The average molecular weight is 215 g/mol. The van der Waals surface area contributed by atoms with Crippen LogP contribution in [0.5, 0.6) is 0 Å². The maximum absolute atomic E-state index is 11.5. The zero-order valence-corrected chi connectivity index (χ0v) is 9.70. The molecule has 1 fully saturated rings. The van der Waals surface area contributed by atoms with Crippen LogP contribution < -0.4 is 0 Å². The molecule has 1 aliphatic heterocycles. The van der Waals surface area contributed by atoms with Crippen LogP contribution in [0.2, 0.25) is 0 Å². The van der Waals surface area contributed by atoms with Crippen LogP contribution in [0.25, 0.3) is 0 Å². The maximum atomic E-state index is 11.5. The highest BCUT2D eigenvalue weighted by Crippen LogP contribution is 2.10. The van der Waals surface area contributed by atoms with Crippen molar-refractivity contribution >= 4 is 5.78 Å². The quantitative estimate of drug-likeness (QED) is 0.607. The molecule has 1 heterocycles. The fourth-order valence-corrected chi connectivity index (χ4v) is 1.68. The van der Waals surface area contributed by atoms with Gasteiger partial charge in [-0.15, -0.1) is 0 Å². The second kappa shape index (κ2) is 6.93. The predicted molar refractivity (Wildman–Crippen MR) is 57.9 cm³/mol. The van der Waals surface area contributed by atoms with Crippen LogP contribution in [0.15, 0.2) is 0 Å². The van der Waals surface area contributed by atoms with E-state index in [1.807, 2.05) is 14.0 Å². The minimum absolute atomic E-state index is 0.0605. The Labute approximate surface area is 91.5 Å². The summed E-state index contributed by atoms with van der Waals surface area (Å²) in [5, 5.41) is 0. The number of hydrogen-bond donors (Lipinski definition) is 0. The van der Waals surface area contributed by atoms with E-state index in [1.165, 1.54) is 0 Å². The molecule has 1 aliphatic rings. The highest BCUT2D eigenvalue weighted by molar-refractivity contribution is 5.81. The molecule has 15 heavy (non-hydrogen) atoms. The number of Topliss-reactive ketones (excluding diaryl/α,β-unsaturated/α-hetero) is 1. The van der Waals surface area contributed by atoms with Gasteiger partial charge in [-0.05, 0) is 14.0 Å². The predicted octanol–water partition coefficient (Wildman–Crippen LogP) is 0.560. The number of hydrogen-bond acceptors (Lipinski definition) is 4. The first-order valence-corrected chi connectivity index (χ1v) is 5.60. The van der Waals surface area contributed by atoms with Crippen molar-refractivity contribution in [3.63, 3.8) is 0 Å². The van der Waals surface area contributed by atoms with Gasteiger partial charge in [-0.2, -0.15) is 0 Å². The number of ether oxygens (including phenoxy) is 2. The second-order valence-corrected chi connectivity index (χ2v) is 3.95. The minimum atomic E-state index is 0.0605. The number of carbonyl (C=O) groups is 1. The summed E-state index contributed by atoms with van der Waals surface area (Å²) in [6.07, 6.45) is 0.573. The van der Waals surface area contributed by atoms with Crippen LogP contribution in [0, 0.1) is 5.92 Å². The Bertz CT molecular complexity index is 196. The Morgan fingerprint density at radius 3 is 3.07 bits per heavy atom. The van der Waals surface area contributed by atoms with Crippen molar-refractivity contribution in [2.24, 2.45) is 5.92 Å². The van der Waals surface area contributed by atoms with Gasteiger partial charge in [0.25, 0.3) is 0 Å². The van der Waals surface area contributed by atoms with E-state index >= 15 is 0 Å². The first kappa shape index (κ1) is 12.6. The molecule has 1 atom stereocenters. The van der Waals surface area contributed by atoms with E-state index in [1.54, 1.807) is 0 Å². The summed E-state index contributed by atoms with van der Waals surface area (Å²) in [7, 11) is 2.01. The fraction of sp³-hybridized carbons (Fsp3) is 0.909. The summed E-state index contributed by atoms with van der Waals surface area (Å²) >= 11 is 0. The first-order chi connectivity index (χ1) is 7.24. The molecule has 1 rings (SSSR count). The van der Waals surface area contributed by atoms with E-state index in [-0.39, 0.29) is 5.92 Å². The Kier molecular flexibility index (Phi) is 5.83. The minimum Gasteiger partial charge on any atom is -0.380 e. The van der Waals surface area contributed by atoms with Gasteiger partial charge in [0.05, 0.1) is 25.7 Å². The van der Waals surface area contributed by atoms with Gasteiger partial charge < -0.3 is 14.4 Å². The summed E-state index contributed by atoms with van der Waals surface area (Å²) in [4.78, 5) is 13.7. The smallest absolute Gasteiger partial charge is 0.141 e. The molecule has 0 radical (unpaired) electrons. The number of ketones is 1. The zero-order chi connectivity index (χ0) is 11.1. The molecule has 0 aliphatic carbocycles. The Balaban J connectivity index is 2.17. The van der Waals surface area contributed by atoms with Gasteiger partial charge in [0, 0.05) is 26.1 Å². The molecule has 1 unspecified atom stereocenters. The summed E-state index contributed by atoms with van der Waals surface area (Å²) in [6.45, 7) is 6.30. The molecule has 0 aromatic carbocycles. The van der Waals surface area contributed by atoms with Crippen LogP contribution >= 0.6 is 0 Å². The normalized spacial score (nSPS) is 22.3. The topological polar surface area (TPSA) is 38.8 Å². The van der Waals surface area contributed by atoms with E-state index in [4.69, 9.17) is 9.47 Å². The number of likely N-dealkylation sites (N-methyl/N-ethyl adjacent to an activating group) is 1. The van der Waals surface area contributed by atoms with Crippen LogP contribution in [0.3, 0.4) is 0 Å². The van der Waals surface area contributed by atoms with E-state index in [2.05, 4.69) is 4.90 Å². The lowest BCUT2D eigenvalue weighted by Gasteiger charge is -2.25. The standard InChI is InChI=1S/C11H21NO3/c1-3-14-7-5-12(2)8-10-9-15-6-4-11(10)13/h10H,3-9H2,1-2H3. The molecular formula is C11H21NO3. The van der Waals surface area contributed by atoms with Gasteiger partial charge in [-0.25, -0.2) is 0 Å². The number of nitrogens with zero attached hydrogens (tertiary/aromatic N) is 1. The number of rotatable bonds is 6. The molecule has 0 amide bonds. The molecule has 0 saturated carbocycles. The molecular weight excluding hydrogens is 194 g/mol. The van der Waals surface area contributed by atoms with Crippen molar-refractivity contribution in [3.8, 4) is 0 Å². The van der Waals surface area contributed by atoms with Crippen LogP contribution in [0.4, 0.5) is 0 Å². The fourth-order valence-electron chi connectivity index (χ4n) is 1.68. The lowest BCUT2D eigenvalue weighted by molar-refractivity contribution is -0.131. The molecule has 0 aromatic heterocycles. The van der Waals surface area contributed by atoms with Crippen LogP contribution in [-0.2, 0) is 14.3 Å². The molecule has 4 heteroatoms. The SMILES string of the molecule is CCOCCN(C)CC1COCCC1=O. The summed E-state index contributed by atoms with van der Waals surface area (Å²) in [5.41, 5.74) is 0. The van der Waals surface area contributed by atoms with Crippen LogP contribution in [0.1, 0.15) is 13.3 Å². The highest BCUT2D eigenvalue weighted by atomic mass is 16.5. The van der Waals surface area contributed by atoms with Gasteiger partial charge in [0.2, 0.25) is 0 Å². The van der Waals surface area contributed by atoms with Crippen molar-refractivity contribution in [3.05, 3.63) is 0 Å². The average Bonchev–Trinajstić information content (AvgIpc) is 2.22. The van der Waals surface area contributed by atoms with Gasteiger partial charge in [-0.3, -0.25) is 4.79 Å². The third-order valence-corrected chi connectivity index (χ3v) is 2.62. The molecule has 4 nitrogen and oxygen atoms in total. The van der Waals surface area contributed by atoms with E-state index in [0.717, 1.165) is 26.3 Å². The Morgan fingerprint density at radius 2 is 2.40 bits per heavy atom. The van der Waals surface area contributed by atoms with Gasteiger partial charge in [0.15, 0.2) is 0 Å². The monoisotopic (exact) mass is 215 g/mol. The molecule has 88 valence electrons. The first-order valence-electron chi connectivity index (χ1n) is 5.60. The van der Waals surface area contributed by atoms with Gasteiger partial charge in [-0.1, -0.05) is 0 Å². The number of carbonyl (C=O) groups excluding carboxylic acids is 1. The van der Waals surface area contributed by atoms with Gasteiger partial charge >= 0.3 is 0 Å². The lowest BCUT2D eigenvalue weighted by Crippen LogP contribution is -2.38. The van der Waals surface area contributed by atoms with Crippen molar-refractivity contribution in [2.45, 2.75) is 13.3 Å². The molecule has 0 aromatic rings. The zero-order valence-electron chi connectivity index (χ0n) is 9.70. The molecule has 0 bridgehead atoms. The Morgan fingerprint density at radius 1 is 1.60 bits per heavy atom. The summed E-state index contributed by atoms with van der Waals surface area (Å²) < 4.78 is 10.6.